The van der Waals surface area contributed by atoms with Gasteiger partial charge in [-0.1, -0.05) is 0 Å². The molecule has 0 aliphatic heterocycles. The Labute approximate surface area is 69.5 Å². The van der Waals surface area contributed by atoms with E-state index >= 15 is 0 Å². The summed E-state index contributed by atoms with van der Waals surface area (Å²) in [6, 6.07) is 0. The van der Waals surface area contributed by atoms with E-state index in [2.05, 4.69) is 0 Å². The van der Waals surface area contributed by atoms with E-state index in [-0.39, 0.29) is 18.6 Å². The largest absolute Gasteiger partial charge is 0.481 e. The standard InChI is InChI=1S/C7H11NO4/c1-4(9)2-5(7(11)12)3-6(8)10/h5H,2-3H2,1H3,(H2,8,10)(H,11,12)/t5-/m0/s1. The molecule has 1 atom stereocenters. The van der Waals surface area contributed by atoms with Gasteiger partial charge < -0.3 is 15.6 Å². The predicted octanol–water partition coefficient (Wildman–Crippen LogP) is -0.458. The highest BCUT2D eigenvalue weighted by atomic mass is 16.4. The number of aliphatic carboxylic acids is 1. The molecule has 0 aromatic carbocycles. The molecule has 1 amide bonds. The van der Waals surface area contributed by atoms with Gasteiger partial charge in [0.25, 0.3) is 0 Å². The first-order valence-electron chi connectivity index (χ1n) is 3.44. The van der Waals surface area contributed by atoms with Gasteiger partial charge in [-0.25, -0.2) is 0 Å². The molecule has 0 bridgehead atoms. The molecule has 68 valence electrons. The molecule has 0 radical (unpaired) electrons. The first kappa shape index (κ1) is 10.6. The summed E-state index contributed by atoms with van der Waals surface area (Å²) in [6.07, 6.45) is -0.423. The van der Waals surface area contributed by atoms with Gasteiger partial charge in [-0.05, 0) is 6.92 Å². The van der Waals surface area contributed by atoms with Gasteiger partial charge in [0.15, 0.2) is 0 Å². The number of hydrogen-bond donors (Lipinski definition) is 2. The molecule has 0 spiro atoms. The molecule has 3 N–H and O–H groups in total. The maximum absolute atomic E-state index is 10.5. The number of hydrogen-bond acceptors (Lipinski definition) is 3. The highest BCUT2D eigenvalue weighted by Crippen LogP contribution is 2.08. The van der Waals surface area contributed by atoms with Crippen molar-refractivity contribution in [1.82, 2.24) is 0 Å². The van der Waals surface area contributed by atoms with Crippen molar-refractivity contribution in [2.45, 2.75) is 19.8 Å². The van der Waals surface area contributed by atoms with Crippen molar-refractivity contribution < 1.29 is 19.5 Å². The third-order valence-electron chi connectivity index (χ3n) is 1.33. The van der Waals surface area contributed by atoms with Crippen LogP contribution < -0.4 is 5.73 Å². The van der Waals surface area contributed by atoms with Crippen LogP contribution in [0.1, 0.15) is 19.8 Å². The zero-order valence-corrected chi connectivity index (χ0v) is 6.74. The lowest BCUT2D eigenvalue weighted by Gasteiger charge is -2.06. The predicted molar refractivity (Wildman–Crippen MR) is 40.2 cm³/mol. The molecule has 0 saturated carbocycles. The highest BCUT2D eigenvalue weighted by Gasteiger charge is 2.21. The van der Waals surface area contributed by atoms with Crippen molar-refractivity contribution >= 4 is 17.7 Å². The van der Waals surface area contributed by atoms with E-state index < -0.39 is 17.8 Å². The van der Waals surface area contributed by atoms with Crippen molar-refractivity contribution in [2.75, 3.05) is 0 Å². The fourth-order valence-electron chi connectivity index (χ4n) is 0.837. The summed E-state index contributed by atoms with van der Waals surface area (Å²) in [5.74, 6) is -3.10. The van der Waals surface area contributed by atoms with Crippen LogP contribution in [-0.2, 0) is 14.4 Å². The van der Waals surface area contributed by atoms with E-state index in [0.29, 0.717) is 0 Å². The molecular weight excluding hydrogens is 162 g/mol. The molecule has 5 nitrogen and oxygen atoms in total. The van der Waals surface area contributed by atoms with Gasteiger partial charge in [0.2, 0.25) is 5.91 Å². The summed E-state index contributed by atoms with van der Waals surface area (Å²) < 4.78 is 0. The van der Waals surface area contributed by atoms with Crippen molar-refractivity contribution in [2.24, 2.45) is 11.7 Å². The lowest BCUT2D eigenvalue weighted by atomic mass is 9.99. The van der Waals surface area contributed by atoms with Crippen LogP contribution in [0.3, 0.4) is 0 Å². The van der Waals surface area contributed by atoms with Crippen molar-refractivity contribution in [3.63, 3.8) is 0 Å². The number of Topliss-reactive ketones (excluding diaryl/α,β-unsaturated/α-hetero) is 1. The van der Waals surface area contributed by atoms with Crippen LogP contribution in [0.2, 0.25) is 0 Å². The molecule has 12 heavy (non-hydrogen) atoms. The van der Waals surface area contributed by atoms with E-state index in [0.717, 1.165) is 0 Å². The molecule has 0 aromatic rings. The summed E-state index contributed by atoms with van der Waals surface area (Å²) in [5, 5.41) is 8.51. The second-order valence-electron chi connectivity index (χ2n) is 2.61. The summed E-state index contributed by atoms with van der Waals surface area (Å²) in [7, 11) is 0. The van der Waals surface area contributed by atoms with Crippen LogP contribution in [0, 0.1) is 5.92 Å². The molecule has 5 heteroatoms. The molecule has 0 heterocycles. The monoisotopic (exact) mass is 173 g/mol. The zero-order chi connectivity index (χ0) is 9.72. The van der Waals surface area contributed by atoms with Crippen LogP contribution in [0.5, 0.6) is 0 Å². The molecule has 0 aliphatic carbocycles. The summed E-state index contributed by atoms with van der Waals surface area (Å²) >= 11 is 0. The maximum Gasteiger partial charge on any atom is 0.307 e. The number of carbonyl (C=O) groups is 3. The number of ketones is 1. The number of carboxylic acids is 1. The van der Waals surface area contributed by atoms with E-state index in [1.807, 2.05) is 0 Å². The van der Waals surface area contributed by atoms with Gasteiger partial charge >= 0.3 is 5.97 Å². The molecule has 0 unspecified atom stereocenters. The molecule has 0 fully saturated rings. The second kappa shape index (κ2) is 4.48. The normalized spacial score (nSPS) is 12.1. The van der Waals surface area contributed by atoms with Crippen LogP contribution >= 0.6 is 0 Å². The fourth-order valence-corrected chi connectivity index (χ4v) is 0.837. The van der Waals surface area contributed by atoms with Crippen LogP contribution in [0.4, 0.5) is 0 Å². The Balaban J connectivity index is 4.14. The average Bonchev–Trinajstić information content (AvgIpc) is 1.83. The highest BCUT2D eigenvalue weighted by molar-refractivity contribution is 5.86. The molecular formula is C7H11NO4. The minimum Gasteiger partial charge on any atom is -0.481 e. The van der Waals surface area contributed by atoms with Crippen molar-refractivity contribution in [3.8, 4) is 0 Å². The van der Waals surface area contributed by atoms with E-state index in [4.69, 9.17) is 10.8 Å². The van der Waals surface area contributed by atoms with E-state index in [9.17, 15) is 14.4 Å². The summed E-state index contributed by atoms with van der Waals surface area (Å²) in [5.41, 5.74) is 4.79. The topological polar surface area (TPSA) is 97.5 Å². The first-order chi connectivity index (χ1) is 5.43. The zero-order valence-electron chi connectivity index (χ0n) is 6.74. The SMILES string of the molecule is CC(=O)C[C@@H](CC(N)=O)C(=O)O. The Morgan fingerprint density at radius 1 is 1.33 bits per heavy atom. The molecule has 0 saturated heterocycles. The third-order valence-corrected chi connectivity index (χ3v) is 1.33. The quantitative estimate of drug-likeness (QED) is 0.587. The Kier molecular flexibility index (Phi) is 3.96. The van der Waals surface area contributed by atoms with Gasteiger partial charge in [0.05, 0.1) is 5.92 Å². The first-order valence-corrected chi connectivity index (χ1v) is 3.44. The number of nitrogens with two attached hydrogens (primary N) is 1. The molecule has 0 aliphatic rings. The van der Waals surface area contributed by atoms with Crippen molar-refractivity contribution in [3.05, 3.63) is 0 Å². The number of carbonyl (C=O) groups excluding carboxylic acids is 2. The minimum atomic E-state index is -1.16. The third kappa shape index (κ3) is 4.43. The van der Waals surface area contributed by atoms with Gasteiger partial charge in [-0.15, -0.1) is 0 Å². The number of primary amides is 1. The Morgan fingerprint density at radius 3 is 2.08 bits per heavy atom. The summed E-state index contributed by atoms with van der Waals surface area (Å²) in [4.78, 5) is 31.3. The van der Waals surface area contributed by atoms with Gasteiger partial charge in [0, 0.05) is 12.8 Å². The van der Waals surface area contributed by atoms with Crippen LogP contribution in [-0.4, -0.2) is 22.8 Å². The number of rotatable bonds is 5. The van der Waals surface area contributed by atoms with Gasteiger partial charge in [-0.2, -0.15) is 0 Å². The van der Waals surface area contributed by atoms with E-state index in [1.165, 1.54) is 6.92 Å². The fraction of sp³-hybridized carbons (Fsp3) is 0.571. The van der Waals surface area contributed by atoms with Crippen LogP contribution in [0.15, 0.2) is 0 Å². The molecule has 0 rings (SSSR count). The minimum absolute atomic E-state index is 0.141. The average molecular weight is 173 g/mol. The Hall–Kier alpha value is -1.39. The van der Waals surface area contributed by atoms with Crippen molar-refractivity contribution in [1.29, 1.82) is 0 Å². The molecule has 0 aromatic heterocycles. The smallest absolute Gasteiger partial charge is 0.307 e. The number of amides is 1. The lowest BCUT2D eigenvalue weighted by molar-refractivity contribution is -0.145. The second-order valence-corrected chi connectivity index (χ2v) is 2.61. The maximum atomic E-state index is 10.5. The van der Waals surface area contributed by atoms with E-state index in [1.54, 1.807) is 0 Å². The van der Waals surface area contributed by atoms with Gasteiger partial charge in [-0.3, -0.25) is 9.59 Å². The Morgan fingerprint density at radius 2 is 1.83 bits per heavy atom. The Bertz CT molecular complexity index is 195. The lowest BCUT2D eigenvalue weighted by Crippen LogP contribution is -2.24. The van der Waals surface area contributed by atoms with Gasteiger partial charge in [0.1, 0.15) is 5.78 Å². The van der Waals surface area contributed by atoms with Crippen LogP contribution in [0.25, 0.3) is 0 Å². The summed E-state index contributed by atoms with van der Waals surface area (Å²) in [6.45, 7) is 1.27. The number of carboxylic acid groups (broad SMARTS) is 1.